The molecule has 2 amide bonds. The summed E-state index contributed by atoms with van der Waals surface area (Å²) in [6.07, 6.45) is 13.9. The highest BCUT2D eigenvalue weighted by atomic mass is 16.6. The zero-order valence-electron chi connectivity index (χ0n) is 27.5. The Kier molecular flexibility index (Phi) is 9.16. The van der Waals surface area contributed by atoms with Crippen LogP contribution in [0.3, 0.4) is 0 Å². The third kappa shape index (κ3) is 7.15. The molecule has 1 saturated heterocycles. The van der Waals surface area contributed by atoms with Crippen LogP contribution in [-0.2, 0) is 9.53 Å². The number of β-amino-alcohol motifs (C(OH)–C–C–N with tert-alkyl or cyclic N) is 1. The van der Waals surface area contributed by atoms with Crippen LogP contribution in [0.1, 0.15) is 87.6 Å². The smallest absolute Gasteiger partial charge is 0.410 e. The summed E-state index contributed by atoms with van der Waals surface area (Å²) in [6, 6.07) is 8.64. The Morgan fingerprint density at radius 2 is 1.74 bits per heavy atom. The monoisotopic (exact) mass is 642 g/mol. The van der Waals surface area contributed by atoms with Crippen molar-refractivity contribution in [1.29, 1.82) is 0 Å². The number of methoxy groups -OCH3 is 1. The average Bonchev–Trinajstić information content (AvgIpc) is 3.81. The Balaban J connectivity index is 1.04. The van der Waals surface area contributed by atoms with Crippen molar-refractivity contribution in [2.24, 2.45) is 11.8 Å². The first-order chi connectivity index (χ1) is 22.8. The number of carbonyl (C=O) groups excluding carboxylic acids is 2. The van der Waals surface area contributed by atoms with Crippen LogP contribution in [0.4, 0.5) is 10.6 Å². The molecule has 3 aromatic heterocycles. The lowest BCUT2D eigenvalue weighted by molar-refractivity contribution is -0.124. The van der Waals surface area contributed by atoms with Gasteiger partial charge in [0.25, 0.3) is 0 Å². The van der Waals surface area contributed by atoms with Crippen LogP contribution in [0.5, 0.6) is 5.75 Å². The normalized spacial score (nSPS) is 24.8. The average molecular weight is 643 g/mol. The molecule has 1 aliphatic heterocycles. The van der Waals surface area contributed by atoms with Crippen molar-refractivity contribution in [3.8, 4) is 16.9 Å². The van der Waals surface area contributed by atoms with Crippen molar-refractivity contribution in [3.05, 3.63) is 54.2 Å². The fraction of sp³-hybridized carbons (Fsp3) is 0.583. The maximum atomic E-state index is 14.3. The molecule has 1 N–H and O–H groups in total. The number of aliphatic hydroxyl groups excluding tert-OH is 1. The minimum atomic E-state index is -0.457. The van der Waals surface area contributed by atoms with E-state index in [9.17, 15) is 14.7 Å². The van der Waals surface area contributed by atoms with E-state index in [0.29, 0.717) is 69.0 Å². The number of ether oxygens (including phenoxy) is 2. The van der Waals surface area contributed by atoms with Crippen molar-refractivity contribution < 1.29 is 24.2 Å². The SMILES string of the molecule is COc1ccc([C@H]2CC[C@H](CN(c3cc(-c4cnn(C5CC5)c4)ccn3)C(=O)[C@H]3CC[C@H](OC(=O)N4CC(O)C4)CC3)CC2)nc1C. The van der Waals surface area contributed by atoms with E-state index in [4.69, 9.17) is 19.4 Å². The maximum Gasteiger partial charge on any atom is 0.410 e. The van der Waals surface area contributed by atoms with E-state index in [1.54, 1.807) is 13.3 Å². The van der Waals surface area contributed by atoms with Crippen LogP contribution in [0.25, 0.3) is 11.1 Å². The van der Waals surface area contributed by atoms with Gasteiger partial charge in [-0.15, -0.1) is 0 Å². The second-order valence-electron chi connectivity index (χ2n) is 13.9. The van der Waals surface area contributed by atoms with E-state index in [-0.39, 0.29) is 24.0 Å². The lowest BCUT2D eigenvalue weighted by Gasteiger charge is -2.37. The van der Waals surface area contributed by atoms with Crippen LogP contribution in [0.15, 0.2) is 42.9 Å². The first-order valence-electron chi connectivity index (χ1n) is 17.3. The number of aromatic nitrogens is 4. The van der Waals surface area contributed by atoms with Gasteiger partial charge in [-0.25, -0.2) is 9.78 Å². The number of hydrogen-bond donors (Lipinski definition) is 1. The van der Waals surface area contributed by atoms with Crippen LogP contribution in [0, 0.1) is 18.8 Å². The summed E-state index contributed by atoms with van der Waals surface area (Å²) in [5.41, 5.74) is 4.09. The molecule has 0 spiro atoms. The van der Waals surface area contributed by atoms with Gasteiger partial charge in [0, 0.05) is 42.0 Å². The van der Waals surface area contributed by atoms with Crippen LogP contribution in [-0.4, -0.2) is 80.7 Å². The molecule has 47 heavy (non-hydrogen) atoms. The molecule has 0 radical (unpaired) electrons. The minimum absolute atomic E-state index is 0.105. The number of aliphatic hydroxyl groups is 1. The van der Waals surface area contributed by atoms with Crippen LogP contribution < -0.4 is 9.64 Å². The third-order valence-electron chi connectivity index (χ3n) is 10.5. The van der Waals surface area contributed by atoms with Crippen LogP contribution >= 0.6 is 0 Å². The number of nitrogens with zero attached hydrogens (tertiary/aromatic N) is 6. The molecule has 0 bridgehead atoms. The standard InChI is InChI=1S/C36H46N6O5/c1-23-33(46-2)14-13-32(39-23)25-5-3-24(4-6-25)19-41(34-17-27(15-16-37-34)28-18-38-42(20-28)29-9-10-29)35(44)26-7-11-31(12-8-26)47-36(45)40-21-30(43)22-40/h13-18,20,24-26,29-31,43H,3-12,19,21-22H2,1-2H3/t24-,25-,26-,31-. The van der Waals surface area contributed by atoms with Gasteiger partial charge in [0.2, 0.25) is 5.91 Å². The number of amides is 2. The molecule has 250 valence electrons. The molecule has 0 atom stereocenters. The molecule has 4 heterocycles. The van der Waals surface area contributed by atoms with Gasteiger partial charge in [-0.3, -0.25) is 19.4 Å². The highest BCUT2D eigenvalue weighted by Crippen LogP contribution is 2.39. The van der Waals surface area contributed by atoms with Gasteiger partial charge >= 0.3 is 6.09 Å². The van der Waals surface area contributed by atoms with E-state index < -0.39 is 6.10 Å². The summed E-state index contributed by atoms with van der Waals surface area (Å²) >= 11 is 0. The van der Waals surface area contributed by atoms with Gasteiger partial charge in [-0.2, -0.15) is 5.10 Å². The summed E-state index contributed by atoms with van der Waals surface area (Å²) in [5, 5.41) is 14.1. The first kappa shape index (κ1) is 31.6. The van der Waals surface area contributed by atoms with Gasteiger partial charge in [-0.05, 0) is 107 Å². The predicted molar refractivity (Wildman–Crippen MR) is 176 cm³/mol. The molecule has 3 aromatic rings. The fourth-order valence-electron chi connectivity index (χ4n) is 7.45. The summed E-state index contributed by atoms with van der Waals surface area (Å²) in [4.78, 5) is 39.8. The van der Waals surface area contributed by atoms with E-state index in [1.165, 1.54) is 17.7 Å². The summed E-state index contributed by atoms with van der Waals surface area (Å²) in [5.74, 6) is 2.22. The van der Waals surface area contributed by atoms with Crippen molar-refractivity contribution in [3.63, 3.8) is 0 Å². The largest absolute Gasteiger partial charge is 0.495 e. The lowest BCUT2D eigenvalue weighted by Crippen LogP contribution is -2.54. The molecule has 4 aliphatic rings. The molecule has 0 unspecified atom stereocenters. The minimum Gasteiger partial charge on any atom is -0.495 e. The highest BCUT2D eigenvalue weighted by molar-refractivity contribution is 5.94. The summed E-state index contributed by atoms with van der Waals surface area (Å²) in [6.45, 7) is 3.27. The first-order valence-corrected chi connectivity index (χ1v) is 17.3. The fourth-order valence-corrected chi connectivity index (χ4v) is 7.45. The molecular weight excluding hydrogens is 596 g/mol. The predicted octanol–water partition coefficient (Wildman–Crippen LogP) is 5.67. The molecule has 11 nitrogen and oxygen atoms in total. The van der Waals surface area contributed by atoms with E-state index in [2.05, 4.69) is 17.4 Å². The summed E-state index contributed by atoms with van der Waals surface area (Å²) in [7, 11) is 1.68. The van der Waals surface area contributed by atoms with Crippen molar-refractivity contribution in [2.45, 2.75) is 95.3 Å². The maximum absolute atomic E-state index is 14.3. The Hall–Kier alpha value is -3.99. The molecule has 3 aliphatic carbocycles. The number of rotatable bonds is 9. The second-order valence-corrected chi connectivity index (χ2v) is 13.9. The Bertz CT molecular complexity index is 1570. The van der Waals surface area contributed by atoms with Crippen molar-refractivity contribution in [1.82, 2.24) is 24.6 Å². The molecular formula is C36H46N6O5. The Morgan fingerprint density at radius 1 is 0.979 bits per heavy atom. The number of likely N-dealkylation sites (tertiary alicyclic amines) is 1. The topological polar surface area (TPSA) is 123 Å². The highest BCUT2D eigenvalue weighted by Gasteiger charge is 2.36. The third-order valence-corrected chi connectivity index (χ3v) is 10.5. The van der Waals surface area contributed by atoms with E-state index in [0.717, 1.165) is 53.9 Å². The van der Waals surface area contributed by atoms with Gasteiger partial charge in [0.1, 0.15) is 17.7 Å². The quantitative estimate of drug-likeness (QED) is 0.317. The zero-order valence-corrected chi connectivity index (χ0v) is 27.5. The second kappa shape index (κ2) is 13.6. The number of hydrogen-bond acceptors (Lipinski definition) is 8. The Labute approximate surface area is 276 Å². The number of aryl methyl sites for hydroxylation is 1. The van der Waals surface area contributed by atoms with Crippen molar-refractivity contribution >= 4 is 17.8 Å². The number of carbonyl (C=O) groups is 2. The van der Waals surface area contributed by atoms with E-state index >= 15 is 0 Å². The van der Waals surface area contributed by atoms with Crippen molar-refractivity contribution in [2.75, 3.05) is 31.6 Å². The molecule has 3 saturated carbocycles. The molecule has 0 aromatic carbocycles. The number of pyridine rings is 2. The zero-order chi connectivity index (χ0) is 32.5. The molecule has 4 fully saturated rings. The number of anilines is 1. The Morgan fingerprint density at radius 3 is 2.43 bits per heavy atom. The van der Waals surface area contributed by atoms with E-state index in [1.807, 2.05) is 40.9 Å². The molecule has 7 rings (SSSR count). The van der Waals surface area contributed by atoms with Gasteiger partial charge < -0.3 is 19.5 Å². The van der Waals surface area contributed by atoms with Gasteiger partial charge in [0.15, 0.2) is 0 Å². The molecule has 11 heteroatoms. The summed E-state index contributed by atoms with van der Waals surface area (Å²) < 4.78 is 13.2. The lowest BCUT2D eigenvalue weighted by atomic mass is 9.79. The van der Waals surface area contributed by atoms with Crippen LogP contribution in [0.2, 0.25) is 0 Å². The van der Waals surface area contributed by atoms with Gasteiger partial charge in [0.05, 0.1) is 44.2 Å². The van der Waals surface area contributed by atoms with Gasteiger partial charge in [-0.1, -0.05) is 0 Å².